The highest BCUT2D eigenvalue weighted by Gasteiger charge is 2.21. The van der Waals surface area contributed by atoms with Crippen LogP contribution in [0.25, 0.3) is 0 Å². The maximum absolute atomic E-state index is 13.6. The highest BCUT2D eigenvalue weighted by atomic mass is 79.9. The standard InChI is InChI=1S/C12H15BrFNO2/c1-17-12-10(14)9(13)6-7(11(12)16)5-8-3-2-4-15-8/h6,8,15-16H,2-5H2,1H3. The molecule has 0 spiro atoms. The molecule has 0 radical (unpaired) electrons. The molecule has 0 amide bonds. The number of phenols is 1. The van der Waals surface area contributed by atoms with Crippen molar-refractivity contribution in [3.63, 3.8) is 0 Å². The van der Waals surface area contributed by atoms with Gasteiger partial charge in [-0.15, -0.1) is 0 Å². The van der Waals surface area contributed by atoms with Crippen LogP contribution in [0.15, 0.2) is 10.5 Å². The maximum atomic E-state index is 13.6. The lowest BCUT2D eigenvalue weighted by molar-refractivity contribution is 0.346. The molecule has 1 aliphatic heterocycles. The normalized spacial score (nSPS) is 19.6. The second kappa shape index (κ2) is 5.23. The van der Waals surface area contributed by atoms with Crippen LogP contribution < -0.4 is 10.1 Å². The predicted octanol–water partition coefficient (Wildman–Crippen LogP) is 2.60. The van der Waals surface area contributed by atoms with E-state index in [0.717, 1.165) is 19.4 Å². The van der Waals surface area contributed by atoms with E-state index in [0.29, 0.717) is 22.5 Å². The summed E-state index contributed by atoms with van der Waals surface area (Å²) in [5.74, 6) is -0.748. The van der Waals surface area contributed by atoms with Gasteiger partial charge in [-0.1, -0.05) is 0 Å². The SMILES string of the molecule is COc1c(O)c(CC2CCCN2)cc(Br)c1F. The molecular formula is C12H15BrFNO2. The molecule has 17 heavy (non-hydrogen) atoms. The molecule has 1 aliphatic rings. The fourth-order valence-corrected chi connectivity index (χ4v) is 2.64. The van der Waals surface area contributed by atoms with Crippen molar-refractivity contribution in [2.45, 2.75) is 25.3 Å². The fraction of sp³-hybridized carbons (Fsp3) is 0.500. The third-order valence-electron chi connectivity index (χ3n) is 3.06. The Balaban J connectivity index is 2.30. The minimum absolute atomic E-state index is 0.0904. The fourth-order valence-electron chi connectivity index (χ4n) is 2.18. The van der Waals surface area contributed by atoms with Crippen LogP contribution in [0.5, 0.6) is 11.5 Å². The molecule has 94 valence electrons. The molecule has 1 saturated heterocycles. The molecule has 1 heterocycles. The molecule has 0 bridgehead atoms. The molecule has 2 rings (SSSR count). The van der Waals surface area contributed by atoms with Gasteiger partial charge in [0, 0.05) is 11.6 Å². The zero-order valence-electron chi connectivity index (χ0n) is 9.59. The smallest absolute Gasteiger partial charge is 0.198 e. The number of ether oxygens (including phenoxy) is 1. The maximum Gasteiger partial charge on any atom is 0.198 e. The average molecular weight is 304 g/mol. The van der Waals surface area contributed by atoms with Gasteiger partial charge in [0.05, 0.1) is 11.6 Å². The predicted molar refractivity (Wildman–Crippen MR) is 67.0 cm³/mol. The number of methoxy groups -OCH3 is 1. The lowest BCUT2D eigenvalue weighted by Gasteiger charge is -2.14. The number of rotatable bonds is 3. The van der Waals surface area contributed by atoms with Crippen LogP contribution >= 0.6 is 15.9 Å². The molecule has 0 aromatic heterocycles. The van der Waals surface area contributed by atoms with Crippen molar-refractivity contribution in [1.82, 2.24) is 5.32 Å². The third kappa shape index (κ3) is 2.55. The second-order valence-corrected chi connectivity index (χ2v) is 5.07. The van der Waals surface area contributed by atoms with Gasteiger partial charge in [0.25, 0.3) is 0 Å². The van der Waals surface area contributed by atoms with Crippen LogP contribution in [0, 0.1) is 5.82 Å². The van der Waals surface area contributed by atoms with Crippen LogP contribution in [0.3, 0.4) is 0 Å². The molecule has 5 heteroatoms. The Morgan fingerprint density at radius 2 is 2.41 bits per heavy atom. The van der Waals surface area contributed by atoms with Crippen LogP contribution in [-0.2, 0) is 6.42 Å². The van der Waals surface area contributed by atoms with Gasteiger partial charge in [0.2, 0.25) is 0 Å². The van der Waals surface area contributed by atoms with Crippen LogP contribution in [0.4, 0.5) is 4.39 Å². The Kier molecular flexibility index (Phi) is 3.89. The topological polar surface area (TPSA) is 41.5 Å². The van der Waals surface area contributed by atoms with Crippen molar-refractivity contribution in [2.75, 3.05) is 13.7 Å². The average Bonchev–Trinajstić information content (AvgIpc) is 2.79. The van der Waals surface area contributed by atoms with Crippen molar-refractivity contribution in [3.8, 4) is 11.5 Å². The summed E-state index contributed by atoms with van der Waals surface area (Å²) in [4.78, 5) is 0. The zero-order valence-corrected chi connectivity index (χ0v) is 11.2. The van der Waals surface area contributed by atoms with E-state index in [1.807, 2.05) is 0 Å². The van der Waals surface area contributed by atoms with E-state index < -0.39 is 5.82 Å². The Morgan fingerprint density at radius 3 is 3.00 bits per heavy atom. The summed E-state index contributed by atoms with van der Waals surface area (Å²) < 4.78 is 18.8. The summed E-state index contributed by atoms with van der Waals surface area (Å²) in [6.07, 6.45) is 2.91. The molecule has 1 unspecified atom stereocenters. The first-order valence-corrected chi connectivity index (χ1v) is 6.40. The van der Waals surface area contributed by atoms with Gasteiger partial charge in [-0.05, 0) is 47.8 Å². The van der Waals surface area contributed by atoms with Gasteiger partial charge < -0.3 is 15.2 Å². The molecule has 0 aliphatic carbocycles. The summed E-state index contributed by atoms with van der Waals surface area (Å²) in [6.45, 7) is 1.00. The minimum Gasteiger partial charge on any atom is -0.504 e. The van der Waals surface area contributed by atoms with Gasteiger partial charge in [0.1, 0.15) is 0 Å². The molecule has 1 fully saturated rings. The third-order valence-corrected chi connectivity index (χ3v) is 3.64. The molecule has 1 atom stereocenters. The van der Waals surface area contributed by atoms with Crippen molar-refractivity contribution in [2.24, 2.45) is 0 Å². The van der Waals surface area contributed by atoms with Gasteiger partial charge in [-0.25, -0.2) is 4.39 Å². The molecule has 1 aromatic rings. The molecule has 2 N–H and O–H groups in total. The van der Waals surface area contributed by atoms with Crippen molar-refractivity contribution in [3.05, 3.63) is 21.9 Å². The van der Waals surface area contributed by atoms with E-state index in [-0.39, 0.29) is 11.5 Å². The first-order valence-electron chi connectivity index (χ1n) is 5.60. The number of halogens is 2. The van der Waals surface area contributed by atoms with Crippen LogP contribution in [0.2, 0.25) is 0 Å². The van der Waals surface area contributed by atoms with Gasteiger partial charge >= 0.3 is 0 Å². The molecule has 0 saturated carbocycles. The second-order valence-electron chi connectivity index (χ2n) is 4.21. The van der Waals surface area contributed by atoms with Crippen LogP contribution in [-0.4, -0.2) is 24.8 Å². The number of phenolic OH excluding ortho intramolecular Hbond substituents is 1. The number of benzene rings is 1. The van der Waals surface area contributed by atoms with Gasteiger partial charge in [-0.3, -0.25) is 0 Å². The summed E-state index contributed by atoms with van der Waals surface area (Å²) >= 11 is 3.13. The van der Waals surface area contributed by atoms with E-state index in [1.54, 1.807) is 6.07 Å². The van der Waals surface area contributed by atoms with E-state index in [4.69, 9.17) is 4.74 Å². The Labute approximate surface area is 108 Å². The van der Waals surface area contributed by atoms with Crippen molar-refractivity contribution < 1.29 is 14.2 Å². The van der Waals surface area contributed by atoms with E-state index in [2.05, 4.69) is 21.2 Å². The zero-order chi connectivity index (χ0) is 12.4. The van der Waals surface area contributed by atoms with Crippen LogP contribution in [0.1, 0.15) is 18.4 Å². The first kappa shape index (κ1) is 12.6. The lowest BCUT2D eigenvalue weighted by Crippen LogP contribution is -2.23. The summed E-state index contributed by atoms with van der Waals surface area (Å²) in [5, 5.41) is 13.3. The van der Waals surface area contributed by atoms with Gasteiger partial charge in [-0.2, -0.15) is 0 Å². The first-order chi connectivity index (χ1) is 8.13. The number of hydrogen-bond acceptors (Lipinski definition) is 3. The Morgan fingerprint density at radius 1 is 1.65 bits per heavy atom. The largest absolute Gasteiger partial charge is 0.504 e. The number of nitrogens with one attached hydrogen (secondary N) is 1. The monoisotopic (exact) mass is 303 g/mol. The van der Waals surface area contributed by atoms with Crippen molar-refractivity contribution >= 4 is 15.9 Å². The van der Waals surface area contributed by atoms with E-state index >= 15 is 0 Å². The Hall–Kier alpha value is -0.810. The molecule has 3 nitrogen and oxygen atoms in total. The van der Waals surface area contributed by atoms with E-state index in [1.165, 1.54) is 7.11 Å². The minimum atomic E-state index is -0.562. The number of hydrogen-bond donors (Lipinski definition) is 2. The number of aromatic hydroxyl groups is 1. The quantitative estimate of drug-likeness (QED) is 0.902. The van der Waals surface area contributed by atoms with Gasteiger partial charge in [0.15, 0.2) is 17.3 Å². The molecule has 1 aromatic carbocycles. The lowest BCUT2D eigenvalue weighted by atomic mass is 10.0. The highest BCUT2D eigenvalue weighted by Crippen LogP contribution is 2.38. The Bertz CT molecular complexity index is 419. The highest BCUT2D eigenvalue weighted by molar-refractivity contribution is 9.10. The molecular weight excluding hydrogens is 289 g/mol. The summed E-state index contributed by atoms with van der Waals surface area (Å²) in [5.41, 5.74) is 0.703. The van der Waals surface area contributed by atoms with E-state index in [9.17, 15) is 9.50 Å². The van der Waals surface area contributed by atoms with Crippen molar-refractivity contribution in [1.29, 1.82) is 0 Å². The summed E-state index contributed by atoms with van der Waals surface area (Å²) in [6, 6.07) is 1.97. The summed E-state index contributed by atoms with van der Waals surface area (Å²) in [7, 11) is 1.35.